The topological polar surface area (TPSA) is 78.9 Å². The Labute approximate surface area is 124 Å². The molecule has 0 bridgehead atoms. The Balaban J connectivity index is 5.35. The van der Waals surface area contributed by atoms with Crippen molar-refractivity contribution in [3.05, 3.63) is 22.3 Å². The Kier molecular flexibility index (Phi) is 8.05. The van der Waals surface area contributed by atoms with Crippen LogP contribution in [-0.2, 0) is 28.6 Å². The third-order valence-electron chi connectivity index (χ3n) is 2.34. The molecule has 0 aliphatic rings. The molecule has 0 radical (unpaired) electrons. The first-order valence-corrected chi connectivity index (χ1v) is 6.42. The van der Waals surface area contributed by atoms with Crippen molar-refractivity contribution in [1.29, 1.82) is 0 Å². The molecule has 0 spiro atoms. The van der Waals surface area contributed by atoms with Gasteiger partial charge in [0.15, 0.2) is 5.41 Å². The molecule has 19 heavy (non-hydrogen) atoms. The largest absolute Gasteiger partial charge is 0.468 e. The zero-order chi connectivity index (χ0) is 14.9. The maximum Gasteiger partial charge on any atom is 0.330 e. The van der Waals surface area contributed by atoms with Crippen LogP contribution in [0.25, 0.3) is 0 Å². The molecule has 0 aromatic heterocycles. The van der Waals surface area contributed by atoms with Gasteiger partial charge < -0.3 is 14.2 Å². The van der Waals surface area contributed by atoms with E-state index in [0.717, 1.165) is 6.08 Å². The van der Waals surface area contributed by atoms with Crippen LogP contribution in [0.1, 0.15) is 6.42 Å². The predicted octanol–water partition coefficient (Wildman–Crippen LogP) is 1.39. The van der Waals surface area contributed by atoms with Gasteiger partial charge in [-0.15, -0.1) is 0 Å². The van der Waals surface area contributed by atoms with Gasteiger partial charge in [0, 0.05) is 6.08 Å². The van der Waals surface area contributed by atoms with Gasteiger partial charge in [0.2, 0.25) is 0 Å². The van der Waals surface area contributed by atoms with E-state index >= 15 is 0 Å². The second-order valence-electron chi connectivity index (χ2n) is 3.38. The smallest absolute Gasteiger partial charge is 0.330 e. The Hall–Kier alpha value is -1.38. The first-order chi connectivity index (χ1) is 8.98. The summed E-state index contributed by atoms with van der Waals surface area (Å²) in [6, 6.07) is 0. The summed E-state index contributed by atoms with van der Waals surface area (Å²) in [6.07, 6.45) is 3.78. The van der Waals surface area contributed by atoms with Crippen molar-refractivity contribution in [3.8, 4) is 0 Å². The van der Waals surface area contributed by atoms with Crippen LogP contribution < -0.4 is 0 Å². The number of methoxy groups -OCH3 is 3. The lowest BCUT2D eigenvalue weighted by Crippen LogP contribution is -2.39. The summed E-state index contributed by atoms with van der Waals surface area (Å²) in [5.41, 5.74) is -1.60. The number of esters is 3. The summed E-state index contributed by atoms with van der Waals surface area (Å²) in [7, 11) is 3.57. The highest BCUT2D eigenvalue weighted by atomic mass is 127. The average molecular weight is 382 g/mol. The third kappa shape index (κ3) is 4.66. The number of hydrogen-bond donors (Lipinski definition) is 0. The average Bonchev–Trinajstić information content (AvgIpc) is 2.44. The highest BCUT2D eigenvalue weighted by molar-refractivity contribution is 14.1. The number of carbonyl (C=O) groups excluding carboxylic acids is 3. The molecular weight excluding hydrogens is 367 g/mol. The van der Waals surface area contributed by atoms with Crippen molar-refractivity contribution in [1.82, 2.24) is 0 Å². The van der Waals surface area contributed by atoms with Gasteiger partial charge in [-0.05, 0) is 16.6 Å². The van der Waals surface area contributed by atoms with Gasteiger partial charge in [-0.2, -0.15) is 0 Å². The third-order valence-corrected chi connectivity index (χ3v) is 2.70. The van der Waals surface area contributed by atoms with Crippen LogP contribution in [0.5, 0.6) is 0 Å². The minimum Gasteiger partial charge on any atom is -0.468 e. The Morgan fingerprint density at radius 1 is 1.05 bits per heavy atom. The number of hydrogen-bond acceptors (Lipinski definition) is 6. The maximum atomic E-state index is 11.8. The van der Waals surface area contributed by atoms with E-state index in [-0.39, 0.29) is 6.42 Å². The predicted molar refractivity (Wildman–Crippen MR) is 75.4 cm³/mol. The molecule has 0 saturated carbocycles. The van der Waals surface area contributed by atoms with Gasteiger partial charge in [-0.3, -0.25) is 9.59 Å². The molecule has 0 rings (SSSR count). The molecule has 6 nitrogen and oxygen atoms in total. The van der Waals surface area contributed by atoms with E-state index in [1.165, 1.54) is 37.6 Å². The SMILES string of the molecule is COC(=O)/C=C/CC(/C=C/I)(C(=O)OC)C(=O)OC. The lowest BCUT2D eigenvalue weighted by Gasteiger charge is -2.23. The van der Waals surface area contributed by atoms with Gasteiger partial charge in [0.1, 0.15) is 0 Å². The van der Waals surface area contributed by atoms with Crippen LogP contribution >= 0.6 is 22.6 Å². The minimum absolute atomic E-state index is 0.0685. The molecule has 0 unspecified atom stereocenters. The van der Waals surface area contributed by atoms with Crippen LogP contribution in [0.2, 0.25) is 0 Å². The second kappa shape index (κ2) is 8.68. The number of carbonyl (C=O) groups is 3. The Morgan fingerprint density at radius 3 is 1.95 bits per heavy atom. The molecule has 0 saturated heterocycles. The summed E-state index contributed by atoms with van der Waals surface area (Å²) >= 11 is 1.87. The van der Waals surface area contributed by atoms with Gasteiger partial charge in [-0.25, -0.2) is 4.79 Å². The van der Waals surface area contributed by atoms with E-state index < -0.39 is 23.3 Å². The molecule has 0 fully saturated rings. The number of ether oxygens (including phenoxy) is 3. The second-order valence-corrected chi connectivity index (χ2v) is 4.10. The highest BCUT2D eigenvalue weighted by Crippen LogP contribution is 2.29. The zero-order valence-corrected chi connectivity index (χ0v) is 13.0. The summed E-state index contributed by atoms with van der Waals surface area (Å²) in [5.74, 6) is -2.11. The van der Waals surface area contributed by atoms with E-state index in [4.69, 9.17) is 0 Å². The molecule has 0 N–H and O–H groups in total. The molecule has 0 heterocycles. The molecule has 106 valence electrons. The summed E-state index contributed by atoms with van der Waals surface area (Å²) in [5, 5.41) is 0. The number of allylic oxidation sites excluding steroid dienone is 1. The fraction of sp³-hybridized carbons (Fsp3) is 0.417. The molecular formula is C12H15IO6. The molecule has 0 aliphatic carbocycles. The lowest BCUT2D eigenvalue weighted by atomic mass is 9.84. The van der Waals surface area contributed by atoms with E-state index in [0.29, 0.717) is 0 Å². The molecule has 0 atom stereocenters. The molecule has 0 aromatic carbocycles. The normalized spacial score (nSPS) is 11.6. The van der Waals surface area contributed by atoms with Crippen LogP contribution in [0.4, 0.5) is 0 Å². The molecule has 0 amide bonds. The van der Waals surface area contributed by atoms with Gasteiger partial charge in [0.25, 0.3) is 0 Å². The van der Waals surface area contributed by atoms with Gasteiger partial charge >= 0.3 is 17.9 Å². The van der Waals surface area contributed by atoms with Crippen molar-refractivity contribution in [2.45, 2.75) is 6.42 Å². The first kappa shape index (κ1) is 17.6. The quantitative estimate of drug-likeness (QED) is 0.227. The summed E-state index contributed by atoms with van der Waals surface area (Å²) in [6.45, 7) is 0. The number of rotatable bonds is 6. The summed E-state index contributed by atoms with van der Waals surface area (Å²) in [4.78, 5) is 34.7. The zero-order valence-electron chi connectivity index (χ0n) is 10.8. The lowest BCUT2D eigenvalue weighted by molar-refractivity contribution is -0.164. The first-order valence-electron chi connectivity index (χ1n) is 5.17. The fourth-order valence-electron chi connectivity index (χ4n) is 1.33. The minimum atomic E-state index is -1.60. The van der Waals surface area contributed by atoms with E-state index in [2.05, 4.69) is 14.2 Å². The van der Waals surface area contributed by atoms with Crippen LogP contribution in [0, 0.1) is 5.41 Å². The standard InChI is InChI=1S/C12H15IO6/c1-17-9(14)5-4-6-12(7-8-13,10(15)18-2)11(16)19-3/h4-5,7-8H,6H2,1-3H3/b5-4+,8-7+. The molecule has 7 heteroatoms. The molecule has 0 aliphatic heterocycles. The summed E-state index contributed by atoms with van der Waals surface area (Å²) < 4.78 is 15.2. The van der Waals surface area contributed by atoms with E-state index in [9.17, 15) is 14.4 Å². The van der Waals surface area contributed by atoms with Crippen LogP contribution in [0.3, 0.4) is 0 Å². The molecule has 0 aromatic rings. The van der Waals surface area contributed by atoms with Crippen molar-refractivity contribution >= 4 is 40.5 Å². The fourth-order valence-corrected chi connectivity index (χ4v) is 1.95. The van der Waals surface area contributed by atoms with Gasteiger partial charge in [-0.1, -0.05) is 28.7 Å². The Bertz CT molecular complexity index is 383. The van der Waals surface area contributed by atoms with Crippen molar-refractivity contribution in [3.63, 3.8) is 0 Å². The monoisotopic (exact) mass is 382 g/mol. The van der Waals surface area contributed by atoms with Crippen LogP contribution in [-0.4, -0.2) is 39.2 Å². The van der Waals surface area contributed by atoms with Crippen molar-refractivity contribution in [2.24, 2.45) is 5.41 Å². The van der Waals surface area contributed by atoms with Crippen molar-refractivity contribution < 1.29 is 28.6 Å². The van der Waals surface area contributed by atoms with Crippen LogP contribution in [0.15, 0.2) is 22.3 Å². The van der Waals surface area contributed by atoms with E-state index in [1.54, 1.807) is 0 Å². The van der Waals surface area contributed by atoms with Gasteiger partial charge in [0.05, 0.1) is 21.3 Å². The van der Waals surface area contributed by atoms with Crippen molar-refractivity contribution in [2.75, 3.05) is 21.3 Å². The highest BCUT2D eigenvalue weighted by Gasteiger charge is 2.45. The Morgan fingerprint density at radius 2 is 1.58 bits per heavy atom. The number of halogens is 1. The van der Waals surface area contributed by atoms with E-state index in [1.807, 2.05) is 22.6 Å². The maximum absolute atomic E-state index is 11.8.